The number of aromatic nitrogens is 3. The summed E-state index contributed by atoms with van der Waals surface area (Å²) in [5.41, 5.74) is 3.08. The molecule has 9 heteroatoms. The zero-order valence-corrected chi connectivity index (χ0v) is 20.8. The van der Waals surface area contributed by atoms with Gasteiger partial charge in [0, 0.05) is 19.2 Å². The molecule has 1 amide bonds. The molecule has 0 bridgehead atoms. The molecule has 186 valence electrons. The molecule has 0 unspecified atom stereocenters. The molecule has 3 aliphatic rings. The molecule has 0 radical (unpaired) electrons. The second kappa shape index (κ2) is 8.72. The lowest BCUT2D eigenvalue weighted by Gasteiger charge is -2.34. The summed E-state index contributed by atoms with van der Waals surface area (Å²) in [6, 6.07) is 13.1. The summed E-state index contributed by atoms with van der Waals surface area (Å²) >= 11 is 0. The predicted octanol–water partition coefficient (Wildman–Crippen LogP) is 4.38. The van der Waals surface area contributed by atoms with Crippen molar-refractivity contribution in [1.29, 1.82) is 0 Å². The zero-order valence-electron chi connectivity index (χ0n) is 20.8. The van der Waals surface area contributed by atoms with Crippen LogP contribution in [0.15, 0.2) is 47.5 Å². The van der Waals surface area contributed by atoms with Crippen LogP contribution in [0.1, 0.15) is 49.0 Å². The fourth-order valence-corrected chi connectivity index (χ4v) is 5.42. The van der Waals surface area contributed by atoms with E-state index in [0.717, 1.165) is 42.8 Å². The molecular weight excluding hydrogens is 457 g/mol. The summed E-state index contributed by atoms with van der Waals surface area (Å²) < 4.78 is 15.5. The van der Waals surface area contributed by atoms with Crippen molar-refractivity contribution in [2.24, 2.45) is 10.9 Å². The van der Waals surface area contributed by atoms with Crippen LogP contribution in [0.3, 0.4) is 0 Å². The molecule has 0 saturated heterocycles. The molecule has 36 heavy (non-hydrogen) atoms. The first-order valence-corrected chi connectivity index (χ1v) is 12.6. The van der Waals surface area contributed by atoms with E-state index >= 15 is 0 Å². The Hall–Kier alpha value is -3.75. The number of benzene rings is 1. The quantitative estimate of drug-likeness (QED) is 0.522. The third kappa shape index (κ3) is 3.73. The van der Waals surface area contributed by atoms with E-state index < -0.39 is 5.95 Å². The Bertz CT molecular complexity index is 1350. The maximum Gasteiger partial charge on any atom is 0.267 e. The van der Waals surface area contributed by atoms with Gasteiger partial charge in [-0.25, -0.2) is 14.7 Å². The molecule has 1 aromatic carbocycles. The van der Waals surface area contributed by atoms with Crippen LogP contribution in [0, 0.1) is 11.9 Å². The molecule has 1 saturated carbocycles. The van der Waals surface area contributed by atoms with Crippen LogP contribution >= 0.6 is 0 Å². The van der Waals surface area contributed by atoms with Crippen LogP contribution in [-0.2, 0) is 6.54 Å². The van der Waals surface area contributed by atoms with Crippen molar-refractivity contribution in [3.05, 3.63) is 59.5 Å². The van der Waals surface area contributed by atoms with Crippen molar-refractivity contribution in [2.75, 3.05) is 23.8 Å². The van der Waals surface area contributed by atoms with Crippen LogP contribution in [-0.4, -0.2) is 57.2 Å². The van der Waals surface area contributed by atoms with Gasteiger partial charge in [-0.15, -0.1) is 0 Å². The number of pyridine rings is 1. The van der Waals surface area contributed by atoms with Gasteiger partial charge in [0.25, 0.3) is 5.91 Å². The number of rotatable bonds is 6. The van der Waals surface area contributed by atoms with E-state index in [0.29, 0.717) is 35.5 Å². The van der Waals surface area contributed by atoms with Gasteiger partial charge >= 0.3 is 0 Å². The number of nitrogens with zero attached hydrogens (tertiary/aromatic N) is 6. The van der Waals surface area contributed by atoms with Crippen molar-refractivity contribution in [3.8, 4) is 11.3 Å². The van der Waals surface area contributed by atoms with Crippen molar-refractivity contribution < 1.29 is 9.18 Å². The van der Waals surface area contributed by atoms with E-state index in [4.69, 9.17) is 10.1 Å². The van der Waals surface area contributed by atoms with E-state index in [2.05, 4.69) is 29.0 Å². The smallest absolute Gasteiger partial charge is 0.267 e. The average molecular weight is 488 g/mol. The molecule has 0 spiro atoms. The minimum absolute atomic E-state index is 0.0787. The molecule has 6 rings (SSSR count). The van der Waals surface area contributed by atoms with Gasteiger partial charge in [0.15, 0.2) is 5.82 Å². The number of hydrogen-bond acceptors (Lipinski definition) is 6. The first-order valence-electron chi connectivity index (χ1n) is 12.6. The largest absolute Gasteiger partial charge is 0.369 e. The Kier molecular flexibility index (Phi) is 5.50. The van der Waals surface area contributed by atoms with Gasteiger partial charge in [-0.1, -0.05) is 44.2 Å². The minimum Gasteiger partial charge on any atom is -0.369 e. The third-order valence-electron chi connectivity index (χ3n) is 7.23. The minimum atomic E-state index is -0.497. The van der Waals surface area contributed by atoms with E-state index in [1.807, 2.05) is 28.9 Å². The summed E-state index contributed by atoms with van der Waals surface area (Å²) in [6.07, 6.45) is 3.24. The van der Waals surface area contributed by atoms with Crippen molar-refractivity contribution in [1.82, 2.24) is 19.7 Å². The number of anilines is 2. The first kappa shape index (κ1) is 22.7. The van der Waals surface area contributed by atoms with E-state index in [-0.39, 0.29) is 18.0 Å². The van der Waals surface area contributed by atoms with Gasteiger partial charge in [-0.2, -0.15) is 9.49 Å². The Morgan fingerprint density at radius 1 is 1.14 bits per heavy atom. The van der Waals surface area contributed by atoms with Crippen molar-refractivity contribution in [3.63, 3.8) is 0 Å². The molecule has 1 fully saturated rings. The number of hydrogen-bond donors (Lipinski definition) is 1. The number of aliphatic imine (C=N–C) groups is 1. The number of fused-ring (bicyclic) bond motifs is 5. The molecule has 4 heterocycles. The highest BCUT2D eigenvalue weighted by Crippen LogP contribution is 2.42. The maximum atomic E-state index is 13.6. The summed E-state index contributed by atoms with van der Waals surface area (Å²) in [5, 5.41) is 8.50. The summed E-state index contributed by atoms with van der Waals surface area (Å²) in [6.45, 7) is 5.51. The fourth-order valence-electron chi connectivity index (χ4n) is 5.42. The van der Waals surface area contributed by atoms with Gasteiger partial charge in [-0.05, 0) is 42.9 Å². The fraction of sp³-hybridized carbons (Fsp3) is 0.407. The van der Waals surface area contributed by atoms with Crippen molar-refractivity contribution in [2.45, 2.75) is 51.7 Å². The van der Waals surface area contributed by atoms with E-state index in [1.165, 1.54) is 6.07 Å². The van der Waals surface area contributed by atoms with Crippen molar-refractivity contribution >= 4 is 23.5 Å². The van der Waals surface area contributed by atoms with Crippen LogP contribution in [0.2, 0.25) is 0 Å². The first-order chi connectivity index (χ1) is 17.4. The highest BCUT2D eigenvalue weighted by molar-refractivity contribution is 6.20. The van der Waals surface area contributed by atoms with Gasteiger partial charge in [0.05, 0.1) is 24.3 Å². The Labute approximate surface area is 209 Å². The van der Waals surface area contributed by atoms with E-state index in [9.17, 15) is 9.18 Å². The van der Waals surface area contributed by atoms with Crippen LogP contribution < -0.4 is 10.2 Å². The van der Waals surface area contributed by atoms with Gasteiger partial charge < -0.3 is 5.32 Å². The number of carbonyl (C=O) groups excluding carboxylic acids is 1. The zero-order chi connectivity index (χ0) is 25.0. The lowest BCUT2D eigenvalue weighted by molar-refractivity contribution is 0.0865. The third-order valence-corrected chi connectivity index (χ3v) is 7.23. The summed E-state index contributed by atoms with van der Waals surface area (Å²) in [7, 11) is 1.81. The Morgan fingerprint density at radius 2 is 1.94 bits per heavy atom. The highest BCUT2D eigenvalue weighted by Gasteiger charge is 2.49. The molecule has 1 aliphatic carbocycles. The summed E-state index contributed by atoms with van der Waals surface area (Å²) in [5.74, 6) is 1.99. The molecule has 2 aliphatic heterocycles. The Morgan fingerprint density at radius 3 is 2.69 bits per heavy atom. The topological polar surface area (TPSA) is 78.7 Å². The monoisotopic (exact) mass is 487 g/mol. The number of nitrogens with one attached hydrogen (secondary N) is 1. The molecule has 3 aromatic rings. The predicted molar refractivity (Wildman–Crippen MR) is 138 cm³/mol. The number of guanidine groups is 1. The molecule has 8 nitrogen and oxygen atoms in total. The summed E-state index contributed by atoms with van der Waals surface area (Å²) in [4.78, 5) is 26.3. The second-order valence-corrected chi connectivity index (χ2v) is 10.3. The van der Waals surface area contributed by atoms with Crippen LogP contribution in [0.4, 0.5) is 16.0 Å². The lowest BCUT2D eigenvalue weighted by atomic mass is 10.1. The normalized spacial score (nSPS) is 20.5. The molecular formula is C27H30FN7O. The standard InChI is InChI=1S/C27H30FN7O/c1-16(2)14-29-24-23-25(35-21-8-4-7-20(21)31-27(35)33(3)26(23)36)32-34(24)15-17-10-12-18(13-11-17)19-6-5-9-22(28)30-19/h5-6,9-13,16,20-21,29H,4,7-8,14-15H2,1-3H3/t20-,21+/m1/s1. The lowest BCUT2D eigenvalue weighted by Crippen LogP contribution is -2.51. The number of carbonyl (C=O) groups is 1. The number of amides is 1. The maximum absolute atomic E-state index is 13.6. The van der Waals surface area contributed by atoms with Gasteiger partial charge in [0.2, 0.25) is 11.9 Å². The number of halogens is 1. The Balaban J connectivity index is 1.37. The SMILES string of the molecule is CC(C)CNc1c2c(nn1Cc1ccc(-c3cccc(F)n3)cc1)N1C(=N[C@@H]3CCC[C@@H]31)N(C)C2=O. The molecule has 2 atom stereocenters. The molecule has 1 N–H and O–H groups in total. The van der Waals surface area contributed by atoms with Crippen LogP contribution in [0.25, 0.3) is 11.3 Å². The highest BCUT2D eigenvalue weighted by atomic mass is 19.1. The second-order valence-electron chi connectivity index (χ2n) is 10.3. The average Bonchev–Trinajstić information content (AvgIpc) is 3.55. The van der Waals surface area contributed by atoms with Gasteiger partial charge in [0.1, 0.15) is 11.4 Å². The van der Waals surface area contributed by atoms with Gasteiger partial charge in [-0.3, -0.25) is 14.6 Å². The molecule has 2 aromatic heterocycles. The van der Waals surface area contributed by atoms with Crippen LogP contribution in [0.5, 0.6) is 0 Å². The van der Waals surface area contributed by atoms with E-state index in [1.54, 1.807) is 24.1 Å².